The molecule has 0 spiro atoms. The fourth-order valence-electron chi connectivity index (χ4n) is 5.19. The van der Waals surface area contributed by atoms with Gasteiger partial charge in [-0.3, -0.25) is 4.79 Å². The summed E-state index contributed by atoms with van der Waals surface area (Å²) < 4.78 is 57.7. The Hall–Kier alpha value is -2.49. The number of likely N-dealkylation sites (tertiary alicyclic amines) is 1. The van der Waals surface area contributed by atoms with Crippen molar-refractivity contribution in [2.24, 2.45) is 5.92 Å². The highest BCUT2D eigenvalue weighted by atomic mass is 19.4. The standard InChI is InChI=1S/C28H41F3N2O5/c1-26(2,3)37-24(34)18-10-13-32(14-11-18)22-16-19(28(29,30)31)8-9-20(22)21-12-15-33(23(21)17-36-7)25(35)38-27(4,5)6/h8-9,16,18,21,23H,10-15,17H2,1-7H3. The molecular formula is C28H41F3N2O5. The molecule has 0 radical (unpaired) electrons. The van der Waals surface area contributed by atoms with Crippen LogP contribution in [0, 0.1) is 5.92 Å². The first-order chi connectivity index (χ1) is 17.5. The van der Waals surface area contributed by atoms with Crippen molar-refractivity contribution in [3.05, 3.63) is 29.3 Å². The number of benzene rings is 1. The second-order valence-corrected chi connectivity index (χ2v) is 12.2. The van der Waals surface area contributed by atoms with E-state index in [9.17, 15) is 22.8 Å². The van der Waals surface area contributed by atoms with Gasteiger partial charge in [-0.1, -0.05) is 6.07 Å². The first-order valence-corrected chi connectivity index (χ1v) is 13.2. The SMILES string of the molecule is COCC1C(c2ccc(C(F)(F)F)cc2N2CCC(C(=O)OC(C)(C)C)CC2)CCN1C(=O)OC(C)(C)C. The molecule has 10 heteroatoms. The molecule has 0 saturated carbocycles. The maximum Gasteiger partial charge on any atom is 0.416 e. The lowest BCUT2D eigenvalue weighted by molar-refractivity contribution is -0.160. The molecule has 214 valence electrons. The van der Waals surface area contributed by atoms with Crippen molar-refractivity contribution < 1.29 is 37.0 Å². The maximum absolute atomic E-state index is 13.7. The molecule has 2 aliphatic heterocycles. The molecule has 2 fully saturated rings. The van der Waals surface area contributed by atoms with Crippen LogP contribution in [0.5, 0.6) is 0 Å². The number of esters is 1. The molecule has 2 heterocycles. The molecule has 1 aromatic carbocycles. The highest BCUT2D eigenvalue weighted by Gasteiger charge is 2.42. The molecule has 3 rings (SSSR count). The van der Waals surface area contributed by atoms with E-state index in [0.717, 1.165) is 11.6 Å². The minimum Gasteiger partial charge on any atom is -0.460 e. The third-order valence-electron chi connectivity index (χ3n) is 6.84. The zero-order valence-electron chi connectivity index (χ0n) is 23.5. The Morgan fingerprint density at radius 3 is 2.05 bits per heavy atom. The maximum atomic E-state index is 13.7. The van der Waals surface area contributed by atoms with Crippen molar-refractivity contribution in [3.8, 4) is 0 Å². The number of ether oxygens (including phenoxy) is 3. The number of amides is 1. The van der Waals surface area contributed by atoms with Crippen molar-refractivity contribution in [1.82, 2.24) is 4.90 Å². The number of hydrogen-bond acceptors (Lipinski definition) is 6. The van der Waals surface area contributed by atoms with Crippen LogP contribution in [-0.4, -0.2) is 67.6 Å². The number of rotatable bonds is 5. The number of carbonyl (C=O) groups excluding carboxylic acids is 2. The Morgan fingerprint density at radius 1 is 0.921 bits per heavy atom. The summed E-state index contributed by atoms with van der Waals surface area (Å²) in [4.78, 5) is 29.1. The van der Waals surface area contributed by atoms with Crippen LogP contribution in [0.2, 0.25) is 0 Å². The summed E-state index contributed by atoms with van der Waals surface area (Å²) in [6.45, 7) is 12.3. The van der Waals surface area contributed by atoms with Gasteiger partial charge in [0.15, 0.2) is 0 Å². The lowest BCUT2D eigenvalue weighted by atomic mass is 9.88. The summed E-state index contributed by atoms with van der Waals surface area (Å²) in [5.41, 5.74) is -0.774. The molecular weight excluding hydrogens is 501 g/mol. The number of piperidine rings is 1. The molecule has 0 bridgehead atoms. The van der Waals surface area contributed by atoms with Gasteiger partial charge in [0.1, 0.15) is 11.2 Å². The lowest BCUT2D eigenvalue weighted by Gasteiger charge is -2.37. The van der Waals surface area contributed by atoms with Crippen LogP contribution in [0.1, 0.15) is 77.8 Å². The molecule has 38 heavy (non-hydrogen) atoms. The summed E-state index contributed by atoms with van der Waals surface area (Å²) in [6, 6.07) is 3.45. The van der Waals surface area contributed by atoms with Gasteiger partial charge in [0.05, 0.1) is 24.1 Å². The molecule has 0 aromatic heterocycles. The van der Waals surface area contributed by atoms with Gasteiger partial charge in [0, 0.05) is 38.3 Å². The van der Waals surface area contributed by atoms with Crippen molar-refractivity contribution in [3.63, 3.8) is 0 Å². The fraction of sp³-hybridized carbons (Fsp3) is 0.714. The fourth-order valence-corrected chi connectivity index (χ4v) is 5.19. The second kappa shape index (κ2) is 11.3. The van der Waals surface area contributed by atoms with Gasteiger partial charge < -0.3 is 24.0 Å². The van der Waals surface area contributed by atoms with Gasteiger partial charge in [-0.05, 0) is 78.5 Å². The Kier molecular flexibility index (Phi) is 8.95. The summed E-state index contributed by atoms with van der Waals surface area (Å²) in [7, 11) is 1.54. The topological polar surface area (TPSA) is 68.3 Å². The summed E-state index contributed by atoms with van der Waals surface area (Å²) >= 11 is 0. The normalized spacial score (nSPS) is 21.5. The van der Waals surface area contributed by atoms with Crippen LogP contribution >= 0.6 is 0 Å². The highest BCUT2D eigenvalue weighted by molar-refractivity contribution is 5.73. The number of alkyl halides is 3. The average Bonchev–Trinajstić information content (AvgIpc) is 3.20. The molecule has 0 N–H and O–H groups in total. The minimum absolute atomic E-state index is 0.227. The Balaban J connectivity index is 1.90. The minimum atomic E-state index is -4.49. The van der Waals surface area contributed by atoms with E-state index in [-0.39, 0.29) is 30.5 Å². The van der Waals surface area contributed by atoms with Gasteiger partial charge in [0.25, 0.3) is 0 Å². The van der Waals surface area contributed by atoms with Crippen LogP contribution in [0.3, 0.4) is 0 Å². The first kappa shape index (κ1) is 30.1. The monoisotopic (exact) mass is 542 g/mol. The summed E-state index contributed by atoms with van der Waals surface area (Å²) in [5, 5.41) is 0. The van der Waals surface area contributed by atoms with Crippen molar-refractivity contribution in [2.45, 2.75) is 90.1 Å². The Labute approximate surface area is 223 Å². The van der Waals surface area contributed by atoms with Crippen LogP contribution in [-0.2, 0) is 25.2 Å². The van der Waals surface area contributed by atoms with Crippen LogP contribution < -0.4 is 4.90 Å². The molecule has 2 atom stereocenters. The van der Waals surface area contributed by atoms with E-state index in [1.54, 1.807) is 25.7 Å². The third kappa shape index (κ3) is 7.55. The van der Waals surface area contributed by atoms with Gasteiger partial charge in [-0.15, -0.1) is 0 Å². The van der Waals surface area contributed by atoms with E-state index in [1.807, 2.05) is 25.7 Å². The Morgan fingerprint density at radius 2 is 1.53 bits per heavy atom. The largest absolute Gasteiger partial charge is 0.460 e. The predicted molar refractivity (Wildman–Crippen MR) is 138 cm³/mol. The van der Waals surface area contributed by atoms with Crippen molar-refractivity contribution >= 4 is 17.7 Å². The van der Waals surface area contributed by atoms with E-state index < -0.39 is 29.0 Å². The molecule has 1 amide bonds. The zero-order valence-corrected chi connectivity index (χ0v) is 23.5. The first-order valence-electron chi connectivity index (χ1n) is 13.2. The van der Waals surface area contributed by atoms with Crippen LogP contribution in [0.15, 0.2) is 18.2 Å². The van der Waals surface area contributed by atoms with E-state index in [0.29, 0.717) is 44.6 Å². The number of anilines is 1. The molecule has 2 aliphatic rings. The highest BCUT2D eigenvalue weighted by Crippen LogP contribution is 2.43. The van der Waals surface area contributed by atoms with E-state index in [4.69, 9.17) is 14.2 Å². The second-order valence-electron chi connectivity index (χ2n) is 12.2. The Bertz CT molecular complexity index is 992. The molecule has 7 nitrogen and oxygen atoms in total. The number of hydrogen-bond donors (Lipinski definition) is 0. The molecule has 1 aromatic rings. The number of nitrogens with zero attached hydrogens (tertiary/aromatic N) is 2. The third-order valence-corrected chi connectivity index (χ3v) is 6.84. The number of methoxy groups -OCH3 is 1. The van der Waals surface area contributed by atoms with Crippen LogP contribution in [0.4, 0.5) is 23.7 Å². The van der Waals surface area contributed by atoms with Crippen molar-refractivity contribution in [1.29, 1.82) is 0 Å². The lowest BCUT2D eigenvalue weighted by Crippen LogP contribution is -2.43. The van der Waals surface area contributed by atoms with E-state index >= 15 is 0 Å². The van der Waals surface area contributed by atoms with Gasteiger partial charge in [-0.2, -0.15) is 13.2 Å². The number of carbonyl (C=O) groups is 2. The van der Waals surface area contributed by atoms with Crippen molar-refractivity contribution in [2.75, 3.05) is 38.3 Å². The van der Waals surface area contributed by atoms with Crippen LogP contribution in [0.25, 0.3) is 0 Å². The quantitative estimate of drug-likeness (QED) is 0.425. The smallest absolute Gasteiger partial charge is 0.416 e. The summed E-state index contributed by atoms with van der Waals surface area (Å²) in [6.07, 6.45) is -3.41. The predicted octanol–water partition coefficient (Wildman–Crippen LogP) is 6.00. The average molecular weight is 543 g/mol. The molecule has 2 saturated heterocycles. The number of halogens is 3. The van der Waals surface area contributed by atoms with E-state index in [2.05, 4.69) is 0 Å². The summed E-state index contributed by atoms with van der Waals surface area (Å²) in [5.74, 6) is -0.802. The zero-order chi connectivity index (χ0) is 28.5. The van der Waals surface area contributed by atoms with Gasteiger partial charge in [0.2, 0.25) is 0 Å². The molecule has 2 unspecified atom stereocenters. The van der Waals surface area contributed by atoms with E-state index in [1.165, 1.54) is 19.2 Å². The molecule has 0 aliphatic carbocycles. The van der Waals surface area contributed by atoms with Gasteiger partial charge in [-0.25, -0.2) is 4.79 Å². The van der Waals surface area contributed by atoms with Gasteiger partial charge >= 0.3 is 18.2 Å².